The highest BCUT2D eigenvalue weighted by Gasteiger charge is 2.09. The SMILES string of the molecule is NCCOc1ccc(-c2ccc(F)cc2)cc1OCc1ccccc1. The molecule has 128 valence electrons. The average molecular weight is 337 g/mol. The van der Waals surface area contributed by atoms with Crippen molar-refractivity contribution in [1.82, 2.24) is 0 Å². The predicted molar refractivity (Wildman–Crippen MR) is 97.2 cm³/mol. The minimum atomic E-state index is -0.257. The molecule has 3 rings (SSSR count). The van der Waals surface area contributed by atoms with Crippen LogP contribution in [0.3, 0.4) is 0 Å². The Morgan fingerprint density at radius 1 is 0.760 bits per heavy atom. The number of halogens is 1. The van der Waals surface area contributed by atoms with Crippen LogP contribution in [-0.2, 0) is 6.61 Å². The first kappa shape index (κ1) is 17.0. The molecule has 0 fully saturated rings. The number of hydrogen-bond acceptors (Lipinski definition) is 3. The van der Waals surface area contributed by atoms with Gasteiger partial charge < -0.3 is 15.2 Å². The van der Waals surface area contributed by atoms with Gasteiger partial charge >= 0.3 is 0 Å². The predicted octanol–water partition coefficient (Wildman–Crippen LogP) is 4.41. The number of nitrogens with two attached hydrogens (primary N) is 1. The molecule has 0 atom stereocenters. The molecule has 0 unspecified atom stereocenters. The molecule has 0 aliphatic rings. The maximum absolute atomic E-state index is 13.1. The van der Waals surface area contributed by atoms with Crippen LogP contribution in [0, 0.1) is 5.82 Å². The van der Waals surface area contributed by atoms with Gasteiger partial charge in [-0.25, -0.2) is 4.39 Å². The molecule has 3 aromatic carbocycles. The highest BCUT2D eigenvalue weighted by molar-refractivity contribution is 5.67. The number of ether oxygens (including phenoxy) is 2. The number of rotatable bonds is 7. The van der Waals surface area contributed by atoms with E-state index >= 15 is 0 Å². The number of benzene rings is 3. The average Bonchev–Trinajstić information content (AvgIpc) is 2.66. The molecule has 0 saturated heterocycles. The van der Waals surface area contributed by atoms with E-state index < -0.39 is 0 Å². The van der Waals surface area contributed by atoms with Crippen LogP contribution in [0.2, 0.25) is 0 Å². The maximum atomic E-state index is 13.1. The Bertz CT molecular complexity index is 804. The van der Waals surface area contributed by atoms with Crippen molar-refractivity contribution in [1.29, 1.82) is 0 Å². The molecule has 0 aromatic heterocycles. The molecule has 0 saturated carbocycles. The summed E-state index contributed by atoms with van der Waals surface area (Å²) in [6.45, 7) is 1.28. The quantitative estimate of drug-likeness (QED) is 0.694. The topological polar surface area (TPSA) is 44.5 Å². The lowest BCUT2D eigenvalue weighted by atomic mass is 10.1. The van der Waals surface area contributed by atoms with Crippen LogP contribution in [0.5, 0.6) is 11.5 Å². The molecular weight excluding hydrogens is 317 g/mol. The molecule has 3 aromatic rings. The molecule has 0 aliphatic carbocycles. The standard InChI is InChI=1S/C21H20FNO2/c22-19-9-6-17(7-10-19)18-8-11-20(24-13-12-23)21(14-18)25-15-16-4-2-1-3-5-16/h1-11,14H,12-13,15,23H2. The van der Waals surface area contributed by atoms with Crippen LogP contribution in [0.4, 0.5) is 4.39 Å². The Kier molecular flexibility index (Phi) is 5.65. The zero-order valence-corrected chi connectivity index (χ0v) is 13.8. The van der Waals surface area contributed by atoms with Crippen LogP contribution in [0.25, 0.3) is 11.1 Å². The van der Waals surface area contributed by atoms with Crippen LogP contribution in [0.1, 0.15) is 5.56 Å². The van der Waals surface area contributed by atoms with Crippen molar-refractivity contribution in [3.05, 3.63) is 84.2 Å². The summed E-state index contributed by atoms with van der Waals surface area (Å²) in [5.41, 5.74) is 8.44. The normalized spacial score (nSPS) is 10.5. The van der Waals surface area contributed by atoms with Crippen molar-refractivity contribution < 1.29 is 13.9 Å². The highest BCUT2D eigenvalue weighted by Crippen LogP contribution is 2.33. The molecule has 0 radical (unpaired) electrons. The first-order chi connectivity index (χ1) is 12.3. The summed E-state index contributed by atoms with van der Waals surface area (Å²) in [4.78, 5) is 0. The molecule has 0 bridgehead atoms. The van der Waals surface area contributed by atoms with Crippen molar-refractivity contribution in [2.45, 2.75) is 6.61 Å². The smallest absolute Gasteiger partial charge is 0.162 e. The first-order valence-electron chi connectivity index (χ1n) is 8.16. The molecule has 3 nitrogen and oxygen atoms in total. The fourth-order valence-corrected chi connectivity index (χ4v) is 2.47. The zero-order valence-electron chi connectivity index (χ0n) is 13.8. The fourth-order valence-electron chi connectivity index (χ4n) is 2.47. The van der Waals surface area contributed by atoms with Crippen LogP contribution < -0.4 is 15.2 Å². The van der Waals surface area contributed by atoms with Gasteiger partial charge in [-0.3, -0.25) is 0 Å². The van der Waals surface area contributed by atoms with Gasteiger partial charge in [0.15, 0.2) is 11.5 Å². The molecule has 0 spiro atoms. The van der Waals surface area contributed by atoms with Gasteiger partial charge in [0, 0.05) is 6.54 Å². The summed E-state index contributed by atoms with van der Waals surface area (Å²) in [6, 6.07) is 22.0. The Morgan fingerprint density at radius 2 is 1.48 bits per heavy atom. The van der Waals surface area contributed by atoms with Gasteiger partial charge in [-0.2, -0.15) is 0 Å². The van der Waals surface area contributed by atoms with Gasteiger partial charge in [-0.15, -0.1) is 0 Å². The highest BCUT2D eigenvalue weighted by atomic mass is 19.1. The van der Waals surface area contributed by atoms with Crippen molar-refractivity contribution in [3.63, 3.8) is 0 Å². The lowest BCUT2D eigenvalue weighted by Crippen LogP contribution is -2.11. The van der Waals surface area contributed by atoms with E-state index in [1.54, 1.807) is 12.1 Å². The summed E-state index contributed by atoms with van der Waals surface area (Å²) in [5, 5.41) is 0. The minimum Gasteiger partial charge on any atom is -0.488 e. The van der Waals surface area contributed by atoms with Gasteiger partial charge in [0.2, 0.25) is 0 Å². The third-order valence-electron chi connectivity index (χ3n) is 3.73. The van der Waals surface area contributed by atoms with E-state index in [0.717, 1.165) is 16.7 Å². The first-order valence-corrected chi connectivity index (χ1v) is 8.16. The molecule has 4 heteroatoms. The van der Waals surface area contributed by atoms with Gasteiger partial charge in [0.1, 0.15) is 19.0 Å². The second kappa shape index (κ2) is 8.31. The van der Waals surface area contributed by atoms with E-state index in [4.69, 9.17) is 15.2 Å². The summed E-state index contributed by atoms with van der Waals surface area (Å²) in [6.07, 6.45) is 0. The minimum absolute atomic E-state index is 0.257. The summed E-state index contributed by atoms with van der Waals surface area (Å²) in [7, 11) is 0. The van der Waals surface area contributed by atoms with E-state index in [1.807, 2.05) is 48.5 Å². The van der Waals surface area contributed by atoms with E-state index in [0.29, 0.717) is 31.3 Å². The second-order valence-electron chi connectivity index (χ2n) is 5.58. The van der Waals surface area contributed by atoms with Crippen molar-refractivity contribution >= 4 is 0 Å². The maximum Gasteiger partial charge on any atom is 0.162 e. The molecule has 0 heterocycles. The summed E-state index contributed by atoms with van der Waals surface area (Å²) in [5.74, 6) is 1.03. The van der Waals surface area contributed by atoms with Crippen LogP contribution in [-0.4, -0.2) is 13.2 Å². The Balaban J connectivity index is 1.85. The van der Waals surface area contributed by atoms with E-state index in [2.05, 4.69) is 0 Å². The third kappa shape index (κ3) is 4.58. The largest absolute Gasteiger partial charge is 0.488 e. The van der Waals surface area contributed by atoms with Crippen molar-refractivity contribution in [2.75, 3.05) is 13.2 Å². The molecule has 0 aliphatic heterocycles. The van der Waals surface area contributed by atoms with E-state index in [1.165, 1.54) is 12.1 Å². The van der Waals surface area contributed by atoms with Gasteiger partial charge in [-0.1, -0.05) is 48.5 Å². The van der Waals surface area contributed by atoms with Crippen LogP contribution in [0.15, 0.2) is 72.8 Å². The van der Waals surface area contributed by atoms with E-state index in [-0.39, 0.29) is 5.82 Å². The van der Waals surface area contributed by atoms with Gasteiger partial charge in [0.25, 0.3) is 0 Å². The molecular formula is C21H20FNO2. The van der Waals surface area contributed by atoms with Crippen molar-refractivity contribution in [3.8, 4) is 22.6 Å². The van der Waals surface area contributed by atoms with Gasteiger partial charge in [-0.05, 0) is 41.0 Å². The van der Waals surface area contributed by atoms with Crippen molar-refractivity contribution in [2.24, 2.45) is 5.73 Å². The Labute approximate surface area is 146 Å². The zero-order chi connectivity index (χ0) is 17.5. The second-order valence-corrected chi connectivity index (χ2v) is 5.58. The molecule has 25 heavy (non-hydrogen) atoms. The summed E-state index contributed by atoms with van der Waals surface area (Å²) < 4.78 is 24.8. The van der Waals surface area contributed by atoms with Crippen LogP contribution >= 0.6 is 0 Å². The fraction of sp³-hybridized carbons (Fsp3) is 0.143. The Hall–Kier alpha value is -2.85. The summed E-state index contributed by atoms with van der Waals surface area (Å²) >= 11 is 0. The Morgan fingerprint density at radius 3 is 2.20 bits per heavy atom. The monoisotopic (exact) mass is 337 g/mol. The van der Waals surface area contributed by atoms with E-state index in [9.17, 15) is 4.39 Å². The molecule has 2 N–H and O–H groups in total. The lowest BCUT2D eigenvalue weighted by molar-refractivity contribution is 0.266. The lowest BCUT2D eigenvalue weighted by Gasteiger charge is -2.14. The van der Waals surface area contributed by atoms with Gasteiger partial charge in [0.05, 0.1) is 0 Å². The third-order valence-corrected chi connectivity index (χ3v) is 3.73. The molecule has 0 amide bonds. The number of hydrogen-bond donors (Lipinski definition) is 1.